The maximum atomic E-state index is 13.2. The van der Waals surface area contributed by atoms with Crippen molar-refractivity contribution in [3.8, 4) is 0 Å². The third kappa shape index (κ3) is 3.55. The van der Waals surface area contributed by atoms with Crippen molar-refractivity contribution in [3.63, 3.8) is 0 Å². The first-order chi connectivity index (χ1) is 13.1. The standard InChI is InChI=1S/C18H21N5O3S/c1-27-18-20-9-11-8-13(14(19)22-26-17(25)10-6-7-10)16(24)23(15(11)21-18)12-4-2-3-5-12/h8-10,12H,2-7H2,1H3,(H2,19,22). The van der Waals surface area contributed by atoms with Crippen LogP contribution in [0.4, 0.5) is 0 Å². The van der Waals surface area contributed by atoms with Crippen LogP contribution in [0.25, 0.3) is 11.0 Å². The number of nitrogens with two attached hydrogens (primary N) is 1. The first-order valence-electron chi connectivity index (χ1n) is 9.09. The normalized spacial score (nSPS) is 18.2. The Morgan fingerprint density at radius 2 is 2.07 bits per heavy atom. The van der Waals surface area contributed by atoms with Gasteiger partial charge in [-0.25, -0.2) is 14.8 Å². The number of carbonyl (C=O) groups is 1. The van der Waals surface area contributed by atoms with Crippen LogP contribution < -0.4 is 11.3 Å². The van der Waals surface area contributed by atoms with Gasteiger partial charge in [-0.1, -0.05) is 29.8 Å². The highest BCUT2D eigenvalue weighted by atomic mass is 32.2. The molecule has 142 valence electrons. The van der Waals surface area contributed by atoms with E-state index in [9.17, 15) is 9.59 Å². The molecule has 0 amide bonds. The van der Waals surface area contributed by atoms with Crippen molar-refractivity contribution in [1.29, 1.82) is 0 Å². The molecule has 0 aromatic carbocycles. The second-order valence-electron chi connectivity index (χ2n) is 6.97. The van der Waals surface area contributed by atoms with Gasteiger partial charge in [0, 0.05) is 17.6 Å². The van der Waals surface area contributed by atoms with Gasteiger partial charge in [0.2, 0.25) is 0 Å². The average molecular weight is 387 g/mol. The molecule has 2 N–H and O–H groups in total. The number of rotatable bonds is 5. The molecule has 2 aliphatic carbocycles. The Balaban J connectivity index is 1.80. The monoisotopic (exact) mass is 387 g/mol. The zero-order chi connectivity index (χ0) is 19.0. The van der Waals surface area contributed by atoms with Gasteiger partial charge in [0.05, 0.1) is 11.5 Å². The maximum absolute atomic E-state index is 13.2. The molecule has 2 heterocycles. The Morgan fingerprint density at radius 1 is 1.33 bits per heavy atom. The van der Waals surface area contributed by atoms with Crippen molar-refractivity contribution < 1.29 is 9.63 Å². The molecule has 9 heteroatoms. The second kappa shape index (κ2) is 7.30. The largest absolute Gasteiger partial charge is 0.380 e. The Hall–Kier alpha value is -2.42. The van der Waals surface area contributed by atoms with Gasteiger partial charge >= 0.3 is 5.97 Å². The van der Waals surface area contributed by atoms with Crippen molar-refractivity contribution in [2.24, 2.45) is 16.8 Å². The molecule has 0 atom stereocenters. The number of thioether (sulfide) groups is 1. The summed E-state index contributed by atoms with van der Waals surface area (Å²) in [5, 5.41) is 5.03. The summed E-state index contributed by atoms with van der Waals surface area (Å²) in [5.74, 6) is -0.592. The molecule has 2 saturated carbocycles. The fourth-order valence-corrected chi connectivity index (χ4v) is 3.76. The van der Waals surface area contributed by atoms with Crippen molar-refractivity contribution in [2.45, 2.75) is 49.7 Å². The smallest absolute Gasteiger partial charge is 0.338 e. The van der Waals surface area contributed by atoms with Crippen LogP contribution in [0.2, 0.25) is 0 Å². The number of hydrogen-bond acceptors (Lipinski definition) is 7. The molecule has 0 aliphatic heterocycles. The average Bonchev–Trinajstić information content (AvgIpc) is 3.40. The Bertz CT molecular complexity index is 977. The van der Waals surface area contributed by atoms with Gasteiger partial charge in [-0.2, -0.15) is 0 Å². The van der Waals surface area contributed by atoms with E-state index in [0.29, 0.717) is 16.2 Å². The van der Waals surface area contributed by atoms with Gasteiger partial charge in [0.25, 0.3) is 5.56 Å². The highest BCUT2D eigenvalue weighted by Gasteiger charge is 2.32. The van der Waals surface area contributed by atoms with E-state index in [0.717, 1.165) is 38.5 Å². The van der Waals surface area contributed by atoms with E-state index in [-0.39, 0.29) is 28.9 Å². The number of oxime groups is 1. The Labute approximate surface area is 160 Å². The number of nitrogens with zero attached hydrogens (tertiary/aromatic N) is 4. The summed E-state index contributed by atoms with van der Waals surface area (Å²) < 4.78 is 1.71. The summed E-state index contributed by atoms with van der Waals surface area (Å²) in [6.45, 7) is 0. The zero-order valence-electron chi connectivity index (χ0n) is 15.1. The predicted octanol–water partition coefficient (Wildman–Crippen LogP) is 2.20. The quantitative estimate of drug-likeness (QED) is 0.209. The molecule has 2 fully saturated rings. The topological polar surface area (TPSA) is 112 Å². The summed E-state index contributed by atoms with van der Waals surface area (Å²) in [5.41, 5.74) is 6.55. The van der Waals surface area contributed by atoms with E-state index >= 15 is 0 Å². The van der Waals surface area contributed by atoms with E-state index in [1.165, 1.54) is 11.8 Å². The second-order valence-corrected chi connectivity index (χ2v) is 7.74. The lowest BCUT2D eigenvalue weighted by Gasteiger charge is -2.17. The van der Waals surface area contributed by atoms with Crippen molar-refractivity contribution in [2.75, 3.05) is 6.26 Å². The first-order valence-corrected chi connectivity index (χ1v) is 10.3. The van der Waals surface area contributed by atoms with Gasteiger partial charge in [-0.15, -0.1) is 0 Å². The van der Waals surface area contributed by atoms with Crippen LogP contribution in [0.5, 0.6) is 0 Å². The number of carbonyl (C=O) groups excluding carboxylic acids is 1. The lowest BCUT2D eigenvalue weighted by atomic mass is 10.1. The van der Waals surface area contributed by atoms with Gasteiger partial charge in [-0.05, 0) is 38.0 Å². The maximum Gasteiger partial charge on any atom is 0.338 e. The number of pyridine rings is 1. The SMILES string of the molecule is CSc1ncc2cc(C(N)=NOC(=O)C3CC3)c(=O)n(C3CCCC3)c2n1. The number of amidine groups is 1. The molecule has 2 aliphatic rings. The Kier molecular flexibility index (Phi) is 4.86. The number of fused-ring (bicyclic) bond motifs is 1. The summed E-state index contributed by atoms with van der Waals surface area (Å²) in [6.07, 6.45) is 9.20. The van der Waals surface area contributed by atoms with Crippen LogP contribution >= 0.6 is 11.8 Å². The van der Waals surface area contributed by atoms with Crippen molar-refractivity contribution >= 4 is 34.6 Å². The molecule has 27 heavy (non-hydrogen) atoms. The number of aromatic nitrogens is 3. The van der Waals surface area contributed by atoms with Gasteiger partial charge in [-0.3, -0.25) is 9.36 Å². The Morgan fingerprint density at radius 3 is 2.74 bits per heavy atom. The lowest BCUT2D eigenvalue weighted by molar-refractivity contribution is -0.145. The summed E-state index contributed by atoms with van der Waals surface area (Å²) in [7, 11) is 0. The van der Waals surface area contributed by atoms with Crippen molar-refractivity contribution in [3.05, 3.63) is 28.2 Å². The van der Waals surface area contributed by atoms with E-state index in [1.807, 2.05) is 6.26 Å². The summed E-state index contributed by atoms with van der Waals surface area (Å²) >= 11 is 1.43. The van der Waals surface area contributed by atoms with E-state index in [4.69, 9.17) is 10.6 Å². The van der Waals surface area contributed by atoms with Crippen LogP contribution in [0, 0.1) is 5.92 Å². The molecule has 2 aromatic heterocycles. The minimum Gasteiger partial charge on any atom is -0.380 e. The van der Waals surface area contributed by atoms with Crippen LogP contribution in [0.1, 0.15) is 50.1 Å². The van der Waals surface area contributed by atoms with Gasteiger partial charge < -0.3 is 10.6 Å². The predicted molar refractivity (Wildman–Crippen MR) is 103 cm³/mol. The van der Waals surface area contributed by atoms with Crippen LogP contribution in [0.15, 0.2) is 27.4 Å². The molecular weight excluding hydrogens is 366 g/mol. The number of hydrogen-bond donors (Lipinski definition) is 1. The molecule has 8 nitrogen and oxygen atoms in total. The molecular formula is C18H21N5O3S. The van der Waals surface area contributed by atoms with E-state index in [1.54, 1.807) is 16.8 Å². The minimum atomic E-state index is -0.400. The highest BCUT2D eigenvalue weighted by Crippen LogP contribution is 2.31. The molecule has 0 unspecified atom stereocenters. The van der Waals surface area contributed by atoms with E-state index in [2.05, 4.69) is 15.1 Å². The zero-order valence-corrected chi connectivity index (χ0v) is 15.9. The van der Waals surface area contributed by atoms with E-state index < -0.39 is 5.97 Å². The fraction of sp³-hybridized carbons (Fsp3) is 0.500. The van der Waals surface area contributed by atoms with Crippen LogP contribution in [-0.4, -0.2) is 32.6 Å². The minimum absolute atomic E-state index is 0.0753. The highest BCUT2D eigenvalue weighted by molar-refractivity contribution is 7.98. The third-order valence-electron chi connectivity index (χ3n) is 5.04. The molecule has 2 aromatic rings. The lowest BCUT2D eigenvalue weighted by Crippen LogP contribution is -2.32. The first kappa shape index (κ1) is 18.0. The molecule has 0 saturated heterocycles. The third-order valence-corrected chi connectivity index (χ3v) is 5.61. The van der Waals surface area contributed by atoms with Gasteiger partial charge in [0.15, 0.2) is 11.0 Å². The molecule has 4 rings (SSSR count). The van der Waals surface area contributed by atoms with Gasteiger partial charge in [0.1, 0.15) is 5.65 Å². The summed E-state index contributed by atoms with van der Waals surface area (Å²) in [6, 6.07) is 1.70. The molecule has 0 bridgehead atoms. The molecule has 0 spiro atoms. The van der Waals surface area contributed by atoms with Crippen molar-refractivity contribution in [1.82, 2.24) is 14.5 Å². The fourth-order valence-electron chi connectivity index (χ4n) is 3.42. The van der Waals surface area contributed by atoms with Crippen LogP contribution in [-0.2, 0) is 9.63 Å². The summed E-state index contributed by atoms with van der Waals surface area (Å²) in [4.78, 5) is 38.6. The van der Waals surface area contributed by atoms with Crippen LogP contribution in [0.3, 0.4) is 0 Å². The molecule has 0 radical (unpaired) electrons.